The van der Waals surface area contributed by atoms with E-state index in [0.29, 0.717) is 17.2 Å². The van der Waals surface area contributed by atoms with E-state index in [9.17, 15) is 10.1 Å². The summed E-state index contributed by atoms with van der Waals surface area (Å²) in [5, 5.41) is 11.2. The molecule has 132 valence electrons. The molecule has 0 bridgehead atoms. The highest BCUT2D eigenvalue weighted by Crippen LogP contribution is 2.28. The molecule has 0 radical (unpaired) electrons. The minimum atomic E-state index is -0.436. The summed E-state index contributed by atoms with van der Waals surface area (Å²) < 4.78 is 0. The number of hydrogen-bond acceptors (Lipinski definition) is 6. The van der Waals surface area contributed by atoms with Gasteiger partial charge in [-0.1, -0.05) is 54.6 Å². The van der Waals surface area contributed by atoms with Crippen LogP contribution >= 0.6 is 0 Å². The number of nitro benzene ring substituents is 1. The van der Waals surface area contributed by atoms with Crippen LogP contribution in [0.15, 0.2) is 78.9 Å². The van der Waals surface area contributed by atoms with Gasteiger partial charge in [-0.05, 0) is 18.2 Å². The molecule has 1 heterocycles. The molecule has 1 aromatic heterocycles. The lowest BCUT2D eigenvalue weighted by Gasteiger charge is -2.13. The van der Waals surface area contributed by atoms with Gasteiger partial charge in [0, 0.05) is 11.6 Å². The van der Waals surface area contributed by atoms with Crippen LogP contribution in [-0.2, 0) is 0 Å². The third kappa shape index (κ3) is 3.38. The van der Waals surface area contributed by atoms with Crippen LogP contribution in [0.5, 0.6) is 0 Å². The molecule has 0 unspecified atom stereocenters. The first kappa shape index (κ1) is 16.5. The van der Waals surface area contributed by atoms with E-state index in [0.717, 1.165) is 16.6 Å². The van der Waals surface area contributed by atoms with E-state index in [2.05, 4.69) is 15.8 Å². The number of rotatable bonds is 5. The lowest BCUT2D eigenvalue weighted by atomic mass is 10.1. The Morgan fingerprint density at radius 1 is 0.741 bits per heavy atom. The zero-order valence-electron chi connectivity index (χ0n) is 14.2. The van der Waals surface area contributed by atoms with Crippen molar-refractivity contribution in [2.24, 2.45) is 0 Å². The highest BCUT2D eigenvalue weighted by atomic mass is 16.6. The fourth-order valence-corrected chi connectivity index (χ4v) is 2.75. The summed E-state index contributed by atoms with van der Waals surface area (Å²) in [6, 6.07) is 23.6. The first-order valence-electron chi connectivity index (χ1n) is 8.30. The van der Waals surface area contributed by atoms with E-state index < -0.39 is 4.92 Å². The fourth-order valence-electron chi connectivity index (χ4n) is 2.75. The van der Waals surface area contributed by atoms with Gasteiger partial charge in [-0.3, -0.25) is 21.0 Å². The molecule has 0 aliphatic carbocycles. The van der Waals surface area contributed by atoms with E-state index >= 15 is 0 Å². The maximum absolute atomic E-state index is 11.2. The highest BCUT2D eigenvalue weighted by Gasteiger charge is 2.14. The smallest absolute Gasteiger partial charge is 0.293 e. The number of nitrogens with one attached hydrogen (secondary N) is 2. The molecule has 0 saturated carbocycles. The van der Waals surface area contributed by atoms with Crippen molar-refractivity contribution >= 4 is 28.2 Å². The number of nitro groups is 1. The number of hydrogen-bond donors (Lipinski definition) is 2. The van der Waals surface area contributed by atoms with E-state index in [1.807, 2.05) is 54.6 Å². The van der Waals surface area contributed by atoms with E-state index in [1.165, 1.54) is 6.07 Å². The fraction of sp³-hybridized carbons (Fsp3) is 0. The lowest BCUT2D eigenvalue weighted by molar-refractivity contribution is -0.383. The lowest BCUT2D eigenvalue weighted by Crippen LogP contribution is -2.13. The predicted octanol–water partition coefficient (Wildman–Crippen LogP) is 4.64. The summed E-state index contributed by atoms with van der Waals surface area (Å²) in [6.45, 7) is 0. The van der Waals surface area contributed by atoms with Gasteiger partial charge in [-0.2, -0.15) is 0 Å². The van der Waals surface area contributed by atoms with Gasteiger partial charge < -0.3 is 0 Å². The molecule has 2 N–H and O–H groups in total. The van der Waals surface area contributed by atoms with Crippen LogP contribution in [0.3, 0.4) is 0 Å². The van der Waals surface area contributed by atoms with Crippen molar-refractivity contribution in [2.45, 2.75) is 0 Å². The molecular formula is C20H15N5O2. The summed E-state index contributed by atoms with van der Waals surface area (Å²) in [6.07, 6.45) is 0. The normalized spacial score (nSPS) is 10.5. The average molecular weight is 357 g/mol. The molecule has 0 spiro atoms. The van der Waals surface area contributed by atoms with Gasteiger partial charge >= 0.3 is 0 Å². The van der Waals surface area contributed by atoms with Crippen LogP contribution in [0.2, 0.25) is 0 Å². The minimum absolute atomic E-state index is 0.0278. The summed E-state index contributed by atoms with van der Waals surface area (Å²) >= 11 is 0. The molecule has 27 heavy (non-hydrogen) atoms. The van der Waals surface area contributed by atoms with Gasteiger partial charge in [0.1, 0.15) is 11.4 Å². The minimum Gasteiger partial charge on any atom is -0.293 e. The molecular weight excluding hydrogens is 342 g/mol. The summed E-state index contributed by atoms with van der Waals surface area (Å²) in [4.78, 5) is 20.1. The third-order valence-electron chi connectivity index (χ3n) is 4.03. The van der Waals surface area contributed by atoms with Crippen LogP contribution in [-0.4, -0.2) is 14.9 Å². The van der Waals surface area contributed by atoms with Crippen LogP contribution in [0.1, 0.15) is 0 Å². The first-order chi connectivity index (χ1) is 13.2. The summed E-state index contributed by atoms with van der Waals surface area (Å²) in [5.74, 6) is 0.484. The second kappa shape index (κ2) is 7.09. The Labute approximate surface area is 154 Å². The number of aromatic nitrogens is 2. The molecule has 7 nitrogen and oxygen atoms in total. The number of fused-ring (bicyclic) bond motifs is 1. The molecule has 7 heteroatoms. The number of nitrogens with zero attached hydrogens (tertiary/aromatic N) is 3. The number of hydrazine groups is 1. The Kier molecular flexibility index (Phi) is 4.32. The van der Waals surface area contributed by atoms with Gasteiger partial charge in [0.15, 0.2) is 5.82 Å². The van der Waals surface area contributed by atoms with Crippen LogP contribution in [0, 0.1) is 10.1 Å². The van der Waals surface area contributed by atoms with Crippen LogP contribution in [0.25, 0.3) is 22.3 Å². The number of anilines is 2. The highest BCUT2D eigenvalue weighted by molar-refractivity contribution is 5.83. The third-order valence-corrected chi connectivity index (χ3v) is 4.03. The quantitative estimate of drug-likeness (QED) is 0.399. The molecule has 0 atom stereocenters. The first-order valence-corrected chi connectivity index (χ1v) is 8.30. The van der Waals surface area contributed by atoms with E-state index in [4.69, 9.17) is 4.98 Å². The van der Waals surface area contributed by atoms with Crippen molar-refractivity contribution < 1.29 is 4.92 Å². The predicted molar refractivity (Wildman–Crippen MR) is 105 cm³/mol. The van der Waals surface area contributed by atoms with Gasteiger partial charge in [0.25, 0.3) is 5.69 Å². The van der Waals surface area contributed by atoms with E-state index in [1.54, 1.807) is 18.2 Å². The molecule has 0 fully saturated rings. The Bertz CT molecular complexity index is 1120. The Morgan fingerprint density at radius 3 is 2.11 bits per heavy atom. The van der Waals surface area contributed by atoms with Crippen molar-refractivity contribution in [1.82, 2.24) is 9.97 Å². The van der Waals surface area contributed by atoms with Crippen LogP contribution < -0.4 is 10.9 Å². The zero-order chi connectivity index (χ0) is 18.6. The molecule has 0 saturated heterocycles. The molecule has 4 rings (SSSR count). The van der Waals surface area contributed by atoms with Crippen molar-refractivity contribution in [1.29, 1.82) is 0 Å². The molecule has 3 aromatic carbocycles. The number of benzene rings is 3. The van der Waals surface area contributed by atoms with Crippen molar-refractivity contribution in [3.8, 4) is 11.3 Å². The number of para-hydroxylation sites is 4. The Balaban J connectivity index is 1.75. The van der Waals surface area contributed by atoms with Crippen LogP contribution in [0.4, 0.5) is 17.2 Å². The Morgan fingerprint density at radius 2 is 1.37 bits per heavy atom. The standard InChI is InChI=1S/C20H15N5O2/c26-25(27)18-13-7-6-12-17(18)23-24-20-19(14-8-2-1-3-9-14)21-15-10-4-5-11-16(15)22-20/h1-13,23H,(H,22,24). The Hall–Kier alpha value is -4.00. The molecule has 0 amide bonds. The largest absolute Gasteiger partial charge is 0.294 e. The molecule has 4 aromatic rings. The average Bonchev–Trinajstić information content (AvgIpc) is 2.72. The summed E-state index contributed by atoms with van der Waals surface area (Å²) in [5.41, 5.74) is 9.24. The van der Waals surface area contributed by atoms with Gasteiger partial charge in [-0.15, -0.1) is 0 Å². The monoisotopic (exact) mass is 357 g/mol. The van der Waals surface area contributed by atoms with Gasteiger partial charge in [0.2, 0.25) is 0 Å². The summed E-state index contributed by atoms with van der Waals surface area (Å²) in [7, 11) is 0. The second-order valence-electron chi connectivity index (χ2n) is 5.80. The maximum Gasteiger partial charge on any atom is 0.294 e. The SMILES string of the molecule is O=[N+]([O-])c1ccccc1NNc1nc2ccccc2nc1-c1ccccc1. The molecule has 0 aliphatic rings. The van der Waals surface area contributed by atoms with Gasteiger partial charge in [0.05, 0.1) is 16.0 Å². The van der Waals surface area contributed by atoms with Crippen molar-refractivity contribution in [2.75, 3.05) is 10.9 Å². The second-order valence-corrected chi connectivity index (χ2v) is 5.80. The van der Waals surface area contributed by atoms with E-state index in [-0.39, 0.29) is 5.69 Å². The van der Waals surface area contributed by atoms with Crippen molar-refractivity contribution in [3.05, 3.63) is 89.0 Å². The molecule has 0 aliphatic heterocycles. The topological polar surface area (TPSA) is 93.0 Å². The zero-order valence-corrected chi connectivity index (χ0v) is 14.2. The van der Waals surface area contributed by atoms with Gasteiger partial charge in [-0.25, -0.2) is 9.97 Å². The maximum atomic E-state index is 11.2. The van der Waals surface area contributed by atoms with Crippen molar-refractivity contribution in [3.63, 3.8) is 0 Å².